The van der Waals surface area contributed by atoms with E-state index >= 15 is 0 Å². The Hall–Kier alpha value is -1.81. The van der Waals surface area contributed by atoms with Crippen molar-refractivity contribution in [1.29, 1.82) is 0 Å². The van der Waals surface area contributed by atoms with Gasteiger partial charge in [0.25, 0.3) is 0 Å². The van der Waals surface area contributed by atoms with Crippen LogP contribution in [0, 0.1) is 0 Å². The van der Waals surface area contributed by atoms with Crippen molar-refractivity contribution in [3.8, 4) is 0 Å². The molecule has 1 aromatic rings. The number of benzene rings is 1. The minimum Gasteiger partial charge on any atom is -0.481 e. The van der Waals surface area contributed by atoms with E-state index in [1.165, 1.54) is 0 Å². The number of hydrogen-bond donors (Lipinski definition) is 3. The molecule has 4 N–H and O–H groups in total. The van der Waals surface area contributed by atoms with Gasteiger partial charge >= 0.3 is 12.1 Å². The predicted molar refractivity (Wildman–Crippen MR) is 68.2 cm³/mol. The highest BCUT2D eigenvalue weighted by Crippen LogP contribution is 2.36. The molecule has 0 spiro atoms. The van der Waals surface area contributed by atoms with Gasteiger partial charge in [-0.25, -0.2) is 13.6 Å². The molecule has 10 heteroatoms. The van der Waals surface area contributed by atoms with E-state index < -0.39 is 32.6 Å². The molecule has 0 heterocycles. The monoisotopic (exact) mass is 326 g/mol. The summed E-state index contributed by atoms with van der Waals surface area (Å²) in [5.74, 6) is -1.06. The zero-order chi connectivity index (χ0) is 16.3. The van der Waals surface area contributed by atoms with Crippen LogP contribution in [0.25, 0.3) is 0 Å². The van der Waals surface area contributed by atoms with Crippen LogP contribution in [0.3, 0.4) is 0 Å². The van der Waals surface area contributed by atoms with Gasteiger partial charge in [-0.2, -0.15) is 13.2 Å². The maximum Gasteiger partial charge on any atom is 0.418 e. The molecule has 0 aliphatic heterocycles. The van der Waals surface area contributed by atoms with Crippen molar-refractivity contribution in [1.82, 2.24) is 0 Å². The Bertz CT molecular complexity index is 629. The predicted octanol–water partition coefficient (Wildman–Crippen LogP) is 1.63. The summed E-state index contributed by atoms with van der Waals surface area (Å²) in [5, 5.41) is 15.7. The lowest BCUT2D eigenvalue weighted by molar-refractivity contribution is -0.138. The smallest absolute Gasteiger partial charge is 0.418 e. The van der Waals surface area contributed by atoms with E-state index in [0.29, 0.717) is 6.07 Å². The van der Waals surface area contributed by atoms with E-state index in [1.54, 1.807) is 0 Å². The molecule has 0 saturated heterocycles. The summed E-state index contributed by atoms with van der Waals surface area (Å²) in [6.07, 6.45) is -4.83. The molecule has 6 nitrogen and oxygen atoms in total. The van der Waals surface area contributed by atoms with E-state index in [2.05, 4.69) is 5.32 Å². The molecule has 1 aromatic carbocycles. The summed E-state index contributed by atoms with van der Waals surface area (Å²) in [7, 11) is -4.24. The average Bonchev–Trinajstić information content (AvgIpc) is 2.32. The van der Waals surface area contributed by atoms with Crippen LogP contribution in [0.1, 0.15) is 18.4 Å². The molecule has 0 atom stereocenters. The third kappa shape index (κ3) is 5.23. The molecule has 0 fully saturated rings. The molecule has 0 aliphatic carbocycles. The van der Waals surface area contributed by atoms with Crippen molar-refractivity contribution >= 4 is 21.7 Å². The molecule has 0 amide bonds. The summed E-state index contributed by atoms with van der Waals surface area (Å²) in [6, 6.07) is 2.34. The first-order valence-corrected chi connectivity index (χ1v) is 7.26. The zero-order valence-electron chi connectivity index (χ0n) is 10.6. The van der Waals surface area contributed by atoms with Crippen molar-refractivity contribution in [2.45, 2.75) is 23.9 Å². The van der Waals surface area contributed by atoms with Crippen molar-refractivity contribution in [3.63, 3.8) is 0 Å². The van der Waals surface area contributed by atoms with Crippen molar-refractivity contribution < 1.29 is 31.5 Å². The molecule has 1 rings (SSSR count). The van der Waals surface area contributed by atoms with Gasteiger partial charge in [0.05, 0.1) is 10.5 Å². The fourth-order valence-electron chi connectivity index (χ4n) is 1.55. The van der Waals surface area contributed by atoms with Gasteiger partial charge in [0, 0.05) is 18.7 Å². The number of primary sulfonamides is 1. The van der Waals surface area contributed by atoms with Crippen LogP contribution in [0.5, 0.6) is 0 Å². The standard InChI is InChI=1S/C11H13F3N2O4S/c12-11(13,14)8-6-7(21(15,19)20)3-4-9(8)16-5-1-2-10(17)18/h3-4,6,16H,1-2,5H2,(H,17,18)(H2,15,19,20). The number of nitrogens with two attached hydrogens (primary N) is 1. The largest absolute Gasteiger partial charge is 0.481 e. The molecular weight excluding hydrogens is 313 g/mol. The van der Waals surface area contributed by atoms with E-state index in [-0.39, 0.29) is 25.1 Å². The molecule has 0 aromatic heterocycles. The fraction of sp³-hybridized carbons (Fsp3) is 0.364. The number of aliphatic carboxylic acids is 1. The average molecular weight is 326 g/mol. The van der Waals surface area contributed by atoms with Crippen molar-refractivity contribution in [2.75, 3.05) is 11.9 Å². The number of carboxylic acid groups (broad SMARTS) is 1. The van der Waals surface area contributed by atoms with E-state index in [4.69, 9.17) is 10.2 Å². The first kappa shape index (κ1) is 17.2. The van der Waals surface area contributed by atoms with Gasteiger partial charge in [0.1, 0.15) is 0 Å². The van der Waals surface area contributed by atoms with Crippen molar-refractivity contribution in [2.24, 2.45) is 5.14 Å². The van der Waals surface area contributed by atoms with Gasteiger partial charge in [0.2, 0.25) is 10.0 Å². The normalized spacial score (nSPS) is 12.2. The van der Waals surface area contributed by atoms with Gasteiger partial charge in [0.15, 0.2) is 0 Å². The fourth-order valence-corrected chi connectivity index (χ4v) is 2.09. The van der Waals surface area contributed by atoms with Crippen LogP contribution in [-0.4, -0.2) is 26.0 Å². The summed E-state index contributed by atoms with van der Waals surface area (Å²) < 4.78 is 60.8. The second-order valence-electron chi connectivity index (χ2n) is 4.17. The second kappa shape index (κ2) is 6.31. The van der Waals surface area contributed by atoms with Crippen LogP contribution in [0.2, 0.25) is 0 Å². The second-order valence-corrected chi connectivity index (χ2v) is 5.74. The van der Waals surface area contributed by atoms with Gasteiger partial charge in [-0.3, -0.25) is 4.79 Å². The van der Waals surface area contributed by atoms with Gasteiger partial charge in [-0.05, 0) is 24.6 Å². The molecule has 0 aliphatic rings. The van der Waals surface area contributed by atoms with Crippen LogP contribution in [0.4, 0.5) is 18.9 Å². The van der Waals surface area contributed by atoms with Crippen molar-refractivity contribution in [3.05, 3.63) is 23.8 Å². The topological polar surface area (TPSA) is 109 Å². The Labute approximate surface area is 118 Å². The van der Waals surface area contributed by atoms with Crippen LogP contribution < -0.4 is 10.5 Å². The minimum atomic E-state index is -4.77. The number of carbonyl (C=O) groups is 1. The Morgan fingerprint density at radius 3 is 2.43 bits per heavy atom. The SMILES string of the molecule is NS(=O)(=O)c1ccc(NCCCC(=O)O)c(C(F)(F)F)c1. The lowest BCUT2D eigenvalue weighted by Crippen LogP contribution is -2.16. The van der Waals surface area contributed by atoms with E-state index in [0.717, 1.165) is 12.1 Å². The van der Waals surface area contributed by atoms with E-state index in [1.807, 2.05) is 0 Å². The molecule has 0 radical (unpaired) electrons. The molecule has 0 bridgehead atoms. The zero-order valence-corrected chi connectivity index (χ0v) is 11.5. The number of halogens is 3. The Morgan fingerprint density at radius 1 is 1.33 bits per heavy atom. The number of anilines is 1. The third-order valence-electron chi connectivity index (χ3n) is 2.51. The molecule has 21 heavy (non-hydrogen) atoms. The van der Waals surface area contributed by atoms with Crippen LogP contribution in [0.15, 0.2) is 23.1 Å². The highest BCUT2D eigenvalue weighted by atomic mass is 32.2. The number of alkyl halides is 3. The van der Waals surface area contributed by atoms with Crippen LogP contribution in [-0.2, 0) is 21.0 Å². The lowest BCUT2D eigenvalue weighted by Gasteiger charge is -2.15. The summed E-state index contributed by atoms with van der Waals surface area (Å²) in [4.78, 5) is 9.66. The molecule has 0 saturated carbocycles. The lowest BCUT2D eigenvalue weighted by atomic mass is 10.1. The van der Waals surface area contributed by atoms with Crippen LogP contribution >= 0.6 is 0 Å². The minimum absolute atomic E-state index is 0.00407. The van der Waals surface area contributed by atoms with Gasteiger partial charge in [-0.1, -0.05) is 0 Å². The number of sulfonamides is 1. The molecule has 0 unspecified atom stereocenters. The molecule has 118 valence electrons. The first-order chi connectivity index (χ1) is 9.51. The number of rotatable bonds is 6. The maximum absolute atomic E-state index is 12.9. The van der Waals surface area contributed by atoms with Gasteiger partial charge in [-0.15, -0.1) is 0 Å². The highest BCUT2D eigenvalue weighted by Gasteiger charge is 2.34. The summed E-state index contributed by atoms with van der Waals surface area (Å²) in [6.45, 7) is 0.00407. The summed E-state index contributed by atoms with van der Waals surface area (Å²) >= 11 is 0. The molecular formula is C11H13F3N2O4S. The van der Waals surface area contributed by atoms with Gasteiger partial charge < -0.3 is 10.4 Å². The number of carboxylic acids is 1. The first-order valence-electron chi connectivity index (χ1n) is 5.71. The maximum atomic E-state index is 12.9. The Balaban J connectivity index is 3.01. The number of hydrogen-bond acceptors (Lipinski definition) is 4. The number of nitrogens with one attached hydrogen (secondary N) is 1. The third-order valence-corrected chi connectivity index (χ3v) is 3.42. The quantitative estimate of drug-likeness (QED) is 0.688. The van der Waals surface area contributed by atoms with E-state index in [9.17, 15) is 26.4 Å². The summed E-state index contributed by atoms with van der Waals surface area (Å²) in [5.41, 5.74) is -1.51. The Kier molecular flexibility index (Phi) is 5.18. The Morgan fingerprint density at radius 2 is 1.95 bits per heavy atom. The highest BCUT2D eigenvalue weighted by molar-refractivity contribution is 7.89.